The lowest BCUT2D eigenvalue weighted by atomic mass is 9.98. The Bertz CT molecular complexity index is 163. The van der Waals surface area contributed by atoms with Crippen LogP contribution in [0.3, 0.4) is 0 Å². The number of carbonyl (C=O) groups excluding carboxylic acids is 1. The number of hydrogen-bond donors (Lipinski definition) is 0. The molecule has 0 N–H and O–H groups in total. The second-order valence-corrected chi connectivity index (χ2v) is 3.27. The molecule has 0 heterocycles. The van der Waals surface area contributed by atoms with E-state index in [1.165, 1.54) is 0 Å². The van der Waals surface area contributed by atoms with E-state index in [9.17, 15) is 18.0 Å². The monoisotopic (exact) mass is 196 g/mol. The SMILES string of the molecule is CCCC(C)C(=O)CCC(F)(F)F. The number of rotatable bonds is 5. The molecule has 0 amide bonds. The van der Waals surface area contributed by atoms with Crippen molar-refractivity contribution >= 4 is 5.78 Å². The van der Waals surface area contributed by atoms with Crippen LogP contribution in [0.2, 0.25) is 0 Å². The predicted octanol–water partition coefficient (Wildman–Crippen LogP) is 3.33. The molecule has 0 fully saturated rings. The van der Waals surface area contributed by atoms with Gasteiger partial charge in [0.25, 0.3) is 0 Å². The molecule has 0 saturated carbocycles. The van der Waals surface area contributed by atoms with Gasteiger partial charge in [-0.1, -0.05) is 20.3 Å². The summed E-state index contributed by atoms with van der Waals surface area (Å²) in [5.74, 6) is -0.508. The quantitative estimate of drug-likeness (QED) is 0.659. The van der Waals surface area contributed by atoms with Crippen LogP contribution in [0, 0.1) is 5.92 Å². The summed E-state index contributed by atoms with van der Waals surface area (Å²) in [7, 11) is 0. The van der Waals surface area contributed by atoms with E-state index in [1.54, 1.807) is 6.92 Å². The summed E-state index contributed by atoms with van der Waals surface area (Å²) in [6.07, 6.45) is -4.05. The largest absolute Gasteiger partial charge is 0.389 e. The van der Waals surface area contributed by atoms with E-state index in [-0.39, 0.29) is 18.1 Å². The van der Waals surface area contributed by atoms with Crippen LogP contribution in [-0.2, 0) is 4.79 Å². The molecule has 1 unspecified atom stereocenters. The fourth-order valence-corrected chi connectivity index (χ4v) is 1.11. The molecule has 0 aromatic rings. The average Bonchev–Trinajstić information content (AvgIpc) is 1.99. The van der Waals surface area contributed by atoms with Crippen LogP contribution < -0.4 is 0 Å². The highest BCUT2D eigenvalue weighted by Crippen LogP contribution is 2.23. The molecule has 1 atom stereocenters. The summed E-state index contributed by atoms with van der Waals surface area (Å²) in [5.41, 5.74) is 0. The van der Waals surface area contributed by atoms with Crippen molar-refractivity contribution in [2.24, 2.45) is 5.92 Å². The molecule has 4 heteroatoms. The van der Waals surface area contributed by atoms with Gasteiger partial charge in [-0.05, 0) is 6.42 Å². The fraction of sp³-hybridized carbons (Fsp3) is 0.889. The molecule has 78 valence electrons. The van der Waals surface area contributed by atoms with E-state index < -0.39 is 12.6 Å². The smallest absolute Gasteiger partial charge is 0.299 e. The van der Waals surface area contributed by atoms with E-state index in [0.717, 1.165) is 6.42 Å². The van der Waals surface area contributed by atoms with E-state index >= 15 is 0 Å². The van der Waals surface area contributed by atoms with Crippen LogP contribution >= 0.6 is 0 Å². The molecule has 0 rings (SSSR count). The van der Waals surface area contributed by atoms with Gasteiger partial charge in [0.05, 0.1) is 6.42 Å². The van der Waals surface area contributed by atoms with Crippen molar-refractivity contribution in [2.45, 2.75) is 45.7 Å². The van der Waals surface area contributed by atoms with Crippen molar-refractivity contribution in [1.29, 1.82) is 0 Å². The lowest BCUT2D eigenvalue weighted by Gasteiger charge is -2.09. The number of Topliss-reactive ketones (excluding diaryl/α,β-unsaturated/α-hetero) is 1. The molecule has 0 aromatic heterocycles. The summed E-state index contributed by atoms with van der Waals surface area (Å²) < 4.78 is 35.1. The Kier molecular flexibility index (Phi) is 5.03. The number of alkyl halides is 3. The molecular formula is C9H15F3O. The van der Waals surface area contributed by atoms with E-state index in [1.807, 2.05) is 6.92 Å². The topological polar surface area (TPSA) is 17.1 Å². The summed E-state index contributed by atoms with van der Waals surface area (Å²) in [4.78, 5) is 11.1. The molecule has 0 spiro atoms. The van der Waals surface area contributed by atoms with Gasteiger partial charge in [0.2, 0.25) is 0 Å². The molecule has 0 radical (unpaired) electrons. The van der Waals surface area contributed by atoms with Crippen LogP contribution in [0.25, 0.3) is 0 Å². The Labute approximate surface area is 76.3 Å². The van der Waals surface area contributed by atoms with Gasteiger partial charge in [0.1, 0.15) is 5.78 Å². The fourth-order valence-electron chi connectivity index (χ4n) is 1.11. The maximum absolute atomic E-state index is 11.7. The third-order valence-electron chi connectivity index (χ3n) is 1.93. The number of hydrogen-bond acceptors (Lipinski definition) is 1. The van der Waals surface area contributed by atoms with E-state index in [4.69, 9.17) is 0 Å². The zero-order chi connectivity index (χ0) is 10.5. The minimum absolute atomic E-state index is 0.229. The normalized spacial score (nSPS) is 14.2. The summed E-state index contributed by atoms with van der Waals surface area (Å²) in [6.45, 7) is 3.59. The van der Waals surface area contributed by atoms with Crippen molar-refractivity contribution in [3.63, 3.8) is 0 Å². The zero-order valence-electron chi connectivity index (χ0n) is 7.95. The molecule has 0 aliphatic carbocycles. The van der Waals surface area contributed by atoms with Gasteiger partial charge in [-0.3, -0.25) is 4.79 Å². The van der Waals surface area contributed by atoms with Gasteiger partial charge < -0.3 is 0 Å². The average molecular weight is 196 g/mol. The Morgan fingerprint density at radius 2 is 1.92 bits per heavy atom. The molecule has 0 bridgehead atoms. The van der Waals surface area contributed by atoms with Crippen molar-refractivity contribution in [1.82, 2.24) is 0 Å². The van der Waals surface area contributed by atoms with Gasteiger partial charge in [-0.2, -0.15) is 13.2 Å². The van der Waals surface area contributed by atoms with Gasteiger partial charge in [0.15, 0.2) is 0 Å². The molecule has 0 aromatic carbocycles. The lowest BCUT2D eigenvalue weighted by Crippen LogP contribution is -2.15. The third kappa shape index (κ3) is 6.61. The van der Waals surface area contributed by atoms with Crippen molar-refractivity contribution in [3.8, 4) is 0 Å². The first kappa shape index (κ1) is 12.5. The minimum Gasteiger partial charge on any atom is -0.299 e. The van der Waals surface area contributed by atoms with Crippen LogP contribution in [0.4, 0.5) is 13.2 Å². The van der Waals surface area contributed by atoms with E-state index in [2.05, 4.69) is 0 Å². The minimum atomic E-state index is -4.21. The molecule has 1 nitrogen and oxygen atoms in total. The Hall–Kier alpha value is -0.540. The highest BCUT2D eigenvalue weighted by atomic mass is 19.4. The molecule has 0 saturated heterocycles. The Morgan fingerprint density at radius 3 is 2.31 bits per heavy atom. The second-order valence-electron chi connectivity index (χ2n) is 3.27. The van der Waals surface area contributed by atoms with Gasteiger partial charge >= 0.3 is 6.18 Å². The highest BCUT2D eigenvalue weighted by molar-refractivity contribution is 5.80. The van der Waals surface area contributed by atoms with Crippen LogP contribution in [0.15, 0.2) is 0 Å². The summed E-state index contributed by atoms with van der Waals surface area (Å²) >= 11 is 0. The Balaban J connectivity index is 3.74. The summed E-state index contributed by atoms with van der Waals surface area (Å²) in [5, 5.41) is 0. The van der Waals surface area contributed by atoms with E-state index in [0.29, 0.717) is 6.42 Å². The molecule has 0 aliphatic heterocycles. The maximum Gasteiger partial charge on any atom is 0.389 e. The standard InChI is InChI=1S/C9H15F3O/c1-3-4-7(2)8(13)5-6-9(10,11)12/h7H,3-6H2,1-2H3. The van der Waals surface area contributed by atoms with Gasteiger partial charge in [-0.15, -0.1) is 0 Å². The zero-order valence-corrected chi connectivity index (χ0v) is 7.95. The first-order valence-electron chi connectivity index (χ1n) is 4.46. The molecule has 13 heavy (non-hydrogen) atoms. The second kappa shape index (κ2) is 5.25. The van der Waals surface area contributed by atoms with Crippen LogP contribution in [-0.4, -0.2) is 12.0 Å². The lowest BCUT2D eigenvalue weighted by molar-refractivity contribution is -0.144. The highest BCUT2D eigenvalue weighted by Gasteiger charge is 2.28. The van der Waals surface area contributed by atoms with Crippen molar-refractivity contribution in [3.05, 3.63) is 0 Å². The Morgan fingerprint density at radius 1 is 1.38 bits per heavy atom. The van der Waals surface area contributed by atoms with Crippen molar-refractivity contribution in [2.75, 3.05) is 0 Å². The molecular weight excluding hydrogens is 181 g/mol. The van der Waals surface area contributed by atoms with Crippen LogP contribution in [0.5, 0.6) is 0 Å². The van der Waals surface area contributed by atoms with Gasteiger partial charge in [0, 0.05) is 12.3 Å². The number of halogens is 3. The predicted molar refractivity (Wildman–Crippen MR) is 44.4 cm³/mol. The van der Waals surface area contributed by atoms with Crippen molar-refractivity contribution < 1.29 is 18.0 Å². The maximum atomic E-state index is 11.7. The number of carbonyl (C=O) groups is 1. The summed E-state index contributed by atoms with van der Waals surface area (Å²) in [6, 6.07) is 0. The third-order valence-corrected chi connectivity index (χ3v) is 1.93. The van der Waals surface area contributed by atoms with Gasteiger partial charge in [-0.25, -0.2) is 0 Å². The van der Waals surface area contributed by atoms with Crippen LogP contribution in [0.1, 0.15) is 39.5 Å². The number of ketones is 1. The molecule has 0 aliphatic rings. The first-order chi connectivity index (χ1) is 5.87. The first-order valence-corrected chi connectivity index (χ1v) is 4.46.